The summed E-state index contributed by atoms with van der Waals surface area (Å²) in [4.78, 5) is 24.1. The normalized spacial score (nSPS) is 10.3. The highest BCUT2D eigenvalue weighted by Gasteiger charge is 2.15. The van der Waals surface area contributed by atoms with Gasteiger partial charge >= 0.3 is 6.03 Å². The Morgan fingerprint density at radius 1 is 0.880 bits per heavy atom. The molecule has 1 aromatic heterocycles. The van der Waals surface area contributed by atoms with Crippen LogP contribution in [0.2, 0.25) is 0 Å². The second-order valence-corrected chi connectivity index (χ2v) is 6.47. The van der Waals surface area contributed by atoms with E-state index in [4.69, 9.17) is 5.73 Å². The lowest BCUT2D eigenvalue weighted by Gasteiger charge is -2.08. The average molecular weight is 351 g/mol. The molecule has 0 saturated carbocycles. The quantitative estimate of drug-likeness (QED) is 0.648. The molecule has 0 aliphatic heterocycles. The summed E-state index contributed by atoms with van der Waals surface area (Å²) in [6, 6.07) is 16.2. The Hall–Kier alpha value is -3.12. The molecule has 2 aromatic carbocycles. The largest absolute Gasteiger partial charge is 0.351 e. The Kier molecular flexibility index (Phi) is 4.81. The molecule has 5 nitrogen and oxygen atoms in total. The van der Waals surface area contributed by atoms with Crippen molar-refractivity contribution in [1.82, 2.24) is 0 Å². The molecular weight excluding hydrogens is 334 g/mol. The number of hydrogen-bond donors (Lipinski definition) is 3. The van der Waals surface area contributed by atoms with E-state index in [1.165, 1.54) is 16.9 Å². The number of aryl methyl sites for hydroxylation is 1. The molecule has 0 bridgehead atoms. The van der Waals surface area contributed by atoms with E-state index in [-0.39, 0.29) is 5.91 Å². The Morgan fingerprint density at radius 2 is 1.48 bits per heavy atom. The third-order valence-electron chi connectivity index (χ3n) is 3.64. The lowest BCUT2D eigenvalue weighted by molar-refractivity contribution is 0.103. The first-order valence-corrected chi connectivity index (χ1v) is 8.53. The number of rotatable bonds is 4. The Balaban J connectivity index is 1.77. The van der Waals surface area contributed by atoms with Crippen LogP contribution in [0.4, 0.5) is 16.2 Å². The molecule has 0 radical (unpaired) electrons. The van der Waals surface area contributed by atoms with Crippen molar-refractivity contribution in [3.63, 3.8) is 0 Å². The minimum Gasteiger partial charge on any atom is -0.351 e. The number of urea groups is 1. The molecule has 0 saturated heterocycles. The molecule has 1 heterocycles. The zero-order valence-electron chi connectivity index (χ0n) is 13.6. The molecule has 0 fully saturated rings. The third kappa shape index (κ3) is 4.05. The SMILES string of the molecule is Cc1ccc(-c2ccsc2C(=O)Nc2ccc(NC(N)=O)cc2)cc1. The molecule has 3 aromatic rings. The highest BCUT2D eigenvalue weighted by atomic mass is 32.1. The molecule has 0 atom stereocenters. The van der Waals surface area contributed by atoms with Crippen LogP contribution in [0.15, 0.2) is 60.0 Å². The molecule has 4 N–H and O–H groups in total. The fraction of sp³-hybridized carbons (Fsp3) is 0.0526. The molecule has 3 rings (SSSR count). The maximum Gasteiger partial charge on any atom is 0.316 e. The first-order valence-electron chi connectivity index (χ1n) is 7.65. The van der Waals surface area contributed by atoms with Crippen molar-refractivity contribution in [3.05, 3.63) is 70.4 Å². The number of carbonyl (C=O) groups is 2. The average Bonchev–Trinajstić information content (AvgIpc) is 3.06. The molecule has 0 aliphatic rings. The van der Waals surface area contributed by atoms with Gasteiger partial charge < -0.3 is 16.4 Å². The van der Waals surface area contributed by atoms with Crippen molar-refractivity contribution in [2.45, 2.75) is 6.92 Å². The summed E-state index contributed by atoms with van der Waals surface area (Å²) < 4.78 is 0. The van der Waals surface area contributed by atoms with E-state index in [0.29, 0.717) is 16.3 Å². The molecule has 0 spiro atoms. The maximum absolute atomic E-state index is 12.6. The van der Waals surface area contributed by atoms with Gasteiger partial charge in [0.25, 0.3) is 5.91 Å². The highest BCUT2D eigenvalue weighted by molar-refractivity contribution is 7.12. The van der Waals surface area contributed by atoms with E-state index in [0.717, 1.165) is 11.1 Å². The molecule has 0 unspecified atom stereocenters. The van der Waals surface area contributed by atoms with Crippen molar-refractivity contribution in [1.29, 1.82) is 0 Å². The van der Waals surface area contributed by atoms with Crippen LogP contribution in [-0.2, 0) is 0 Å². The number of anilines is 2. The van der Waals surface area contributed by atoms with E-state index in [1.54, 1.807) is 24.3 Å². The summed E-state index contributed by atoms with van der Waals surface area (Å²) in [5.74, 6) is -0.166. The van der Waals surface area contributed by atoms with Gasteiger partial charge in [0.05, 0.1) is 4.88 Å². The van der Waals surface area contributed by atoms with E-state index in [1.807, 2.05) is 42.6 Å². The summed E-state index contributed by atoms with van der Waals surface area (Å²) in [7, 11) is 0. The van der Waals surface area contributed by atoms with Gasteiger partial charge in [0.15, 0.2) is 0 Å². The van der Waals surface area contributed by atoms with E-state index >= 15 is 0 Å². The van der Waals surface area contributed by atoms with Crippen molar-refractivity contribution in [2.24, 2.45) is 5.73 Å². The van der Waals surface area contributed by atoms with Crippen LogP contribution in [0.5, 0.6) is 0 Å². The molecular formula is C19H17N3O2S. The Bertz CT molecular complexity index is 899. The highest BCUT2D eigenvalue weighted by Crippen LogP contribution is 2.29. The number of amides is 3. The number of hydrogen-bond acceptors (Lipinski definition) is 3. The monoisotopic (exact) mass is 351 g/mol. The van der Waals surface area contributed by atoms with E-state index < -0.39 is 6.03 Å². The molecule has 3 amide bonds. The van der Waals surface area contributed by atoms with Gasteiger partial charge in [-0.25, -0.2) is 4.79 Å². The smallest absolute Gasteiger partial charge is 0.316 e. The van der Waals surface area contributed by atoms with Crippen LogP contribution in [0.3, 0.4) is 0 Å². The summed E-state index contributed by atoms with van der Waals surface area (Å²) in [6.45, 7) is 2.03. The third-order valence-corrected chi connectivity index (χ3v) is 4.56. The van der Waals surface area contributed by atoms with Crippen molar-refractivity contribution in [2.75, 3.05) is 10.6 Å². The zero-order valence-corrected chi connectivity index (χ0v) is 14.4. The van der Waals surface area contributed by atoms with Gasteiger partial charge in [0, 0.05) is 16.9 Å². The van der Waals surface area contributed by atoms with Gasteiger partial charge in [-0.15, -0.1) is 11.3 Å². The van der Waals surface area contributed by atoms with Gasteiger partial charge in [0.1, 0.15) is 0 Å². The van der Waals surface area contributed by atoms with Gasteiger partial charge in [0.2, 0.25) is 0 Å². The minimum absolute atomic E-state index is 0.166. The number of nitrogens with two attached hydrogens (primary N) is 1. The van der Waals surface area contributed by atoms with Gasteiger partial charge in [-0.3, -0.25) is 4.79 Å². The maximum atomic E-state index is 12.6. The summed E-state index contributed by atoms with van der Waals surface area (Å²) in [5.41, 5.74) is 9.38. The molecule has 0 aliphatic carbocycles. The summed E-state index contributed by atoms with van der Waals surface area (Å²) in [5, 5.41) is 7.26. The molecule has 25 heavy (non-hydrogen) atoms. The van der Waals surface area contributed by atoms with Crippen molar-refractivity contribution < 1.29 is 9.59 Å². The number of benzene rings is 2. The molecule has 6 heteroatoms. The summed E-state index contributed by atoms with van der Waals surface area (Å²) >= 11 is 1.40. The van der Waals surface area contributed by atoms with Crippen LogP contribution >= 0.6 is 11.3 Å². The predicted octanol–water partition coefficient (Wildman–Crippen LogP) is 4.47. The van der Waals surface area contributed by atoms with Crippen molar-refractivity contribution in [3.8, 4) is 11.1 Å². The van der Waals surface area contributed by atoms with E-state index in [9.17, 15) is 9.59 Å². The van der Waals surface area contributed by atoms with Crippen LogP contribution in [0, 0.1) is 6.92 Å². The fourth-order valence-corrected chi connectivity index (χ4v) is 3.22. The Morgan fingerprint density at radius 3 is 2.08 bits per heavy atom. The van der Waals surface area contributed by atoms with Crippen LogP contribution in [0.25, 0.3) is 11.1 Å². The van der Waals surface area contributed by atoms with E-state index in [2.05, 4.69) is 10.6 Å². The fourth-order valence-electron chi connectivity index (χ4n) is 2.41. The minimum atomic E-state index is -0.627. The number of thiophene rings is 1. The Labute approximate surface area is 149 Å². The van der Waals surface area contributed by atoms with Gasteiger partial charge in [-0.05, 0) is 48.2 Å². The number of primary amides is 1. The first kappa shape index (κ1) is 16.7. The summed E-state index contributed by atoms with van der Waals surface area (Å²) in [6.07, 6.45) is 0. The zero-order chi connectivity index (χ0) is 17.8. The lowest BCUT2D eigenvalue weighted by Crippen LogP contribution is -2.19. The van der Waals surface area contributed by atoms with Crippen molar-refractivity contribution >= 4 is 34.6 Å². The number of nitrogens with one attached hydrogen (secondary N) is 2. The first-order chi connectivity index (χ1) is 12.0. The second-order valence-electron chi connectivity index (χ2n) is 5.55. The molecule has 126 valence electrons. The van der Waals surface area contributed by atoms with Crippen LogP contribution in [0.1, 0.15) is 15.2 Å². The van der Waals surface area contributed by atoms with Crippen LogP contribution < -0.4 is 16.4 Å². The standard InChI is InChI=1S/C19H17N3O2S/c1-12-2-4-13(5-3-12)16-10-11-25-17(16)18(23)21-14-6-8-15(9-7-14)22-19(20)24/h2-11H,1H3,(H,21,23)(H3,20,22,24). The second kappa shape index (κ2) is 7.19. The lowest BCUT2D eigenvalue weighted by atomic mass is 10.0. The number of carbonyl (C=O) groups excluding carboxylic acids is 2. The van der Waals surface area contributed by atoms with Gasteiger partial charge in [-0.2, -0.15) is 0 Å². The predicted molar refractivity (Wildman–Crippen MR) is 102 cm³/mol. The topological polar surface area (TPSA) is 84.2 Å². The van der Waals surface area contributed by atoms with Crippen LogP contribution in [-0.4, -0.2) is 11.9 Å². The van der Waals surface area contributed by atoms with Gasteiger partial charge in [-0.1, -0.05) is 29.8 Å².